The average molecular weight is 387 g/mol. The standard InChI is InChI=1S/C23H25N5O/c1-27-11-9-23(10-12-27)20(26-22(25)28(2)21(23)29)19-8-4-7-18(14-19)17-6-3-5-16(13-17)15-24/h3-8,13-14,20H,9-12H2,1-2H3,(H2,25,26). The number of hydrogen-bond donors (Lipinski definition) is 1. The van der Waals surface area contributed by atoms with E-state index in [2.05, 4.69) is 24.1 Å². The highest BCUT2D eigenvalue weighted by molar-refractivity contribution is 6.01. The summed E-state index contributed by atoms with van der Waals surface area (Å²) in [5.41, 5.74) is 9.12. The normalized spacial score (nSPS) is 21.7. The summed E-state index contributed by atoms with van der Waals surface area (Å²) in [6.45, 7) is 1.71. The zero-order valence-electron chi connectivity index (χ0n) is 16.8. The van der Waals surface area contributed by atoms with Crippen LogP contribution in [0.5, 0.6) is 0 Å². The number of nitriles is 1. The van der Waals surface area contributed by atoms with Crippen molar-refractivity contribution in [3.8, 4) is 17.2 Å². The third-order valence-corrected chi connectivity index (χ3v) is 6.27. The molecule has 2 aromatic rings. The van der Waals surface area contributed by atoms with Gasteiger partial charge in [0, 0.05) is 7.05 Å². The van der Waals surface area contributed by atoms with Crippen LogP contribution in [0, 0.1) is 16.7 Å². The molecule has 29 heavy (non-hydrogen) atoms. The lowest BCUT2D eigenvalue weighted by Gasteiger charge is -2.47. The molecule has 1 spiro atoms. The Hall–Kier alpha value is -3.17. The number of benzene rings is 2. The molecule has 2 aromatic carbocycles. The first kappa shape index (κ1) is 19.2. The van der Waals surface area contributed by atoms with E-state index in [1.54, 1.807) is 13.1 Å². The van der Waals surface area contributed by atoms with Crippen molar-refractivity contribution in [1.82, 2.24) is 9.80 Å². The molecule has 1 amide bonds. The Balaban J connectivity index is 1.79. The van der Waals surface area contributed by atoms with E-state index >= 15 is 0 Å². The van der Waals surface area contributed by atoms with E-state index in [0.717, 1.165) is 42.6 Å². The van der Waals surface area contributed by atoms with E-state index < -0.39 is 5.41 Å². The SMILES string of the molecule is CN1CCC2(CC1)C(=O)N(C)C(N)=NC2c1cccc(-c2cccc(C#N)c2)c1. The molecule has 1 saturated heterocycles. The largest absolute Gasteiger partial charge is 0.369 e. The summed E-state index contributed by atoms with van der Waals surface area (Å²) in [6.07, 6.45) is 1.50. The number of carbonyl (C=O) groups is 1. The molecule has 2 aliphatic rings. The van der Waals surface area contributed by atoms with E-state index in [-0.39, 0.29) is 17.9 Å². The number of piperidine rings is 1. The van der Waals surface area contributed by atoms with Crippen molar-refractivity contribution >= 4 is 11.9 Å². The lowest BCUT2D eigenvalue weighted by Crippen LogP contribution is -2.57. The van der Waals surface area contributed by atoms with Crippen LogP contribution in [-0.4, -0.2) is 48.9 Å². The highest BCUT2D eigenvalue weighted by Crippen LogP contribution is 2.48. The molecule has 2 heterocycles. The number of aliphatic imine (C=N–C) groups is 1. The lowest BCUT2D eigenvalue weighted by atomic mass is 9.68. The summed E-state index contributed by atoms with van der Waals surface area (Å²) in [7, 11) is 3.79. The number of rotatable bonds is 2. The van der Waals surface area contributed by atoms with Crippen molar-refractivity contribution in [2.75, 3.05) is 27.2 Å². The molecule has 6 heteroatoms. The Morgan fingerprint density at radius 3 is 2.45 bits per heavy atom. The Bertz CT molecular complexity index is 1010. The van der Waals surface area contributed by atoms with Crippen LogP contribution in [0.4, 0.5) is 0 Å². The van der Waals surface area contributed by atoms with Gasteiger partial charge in [-0.2, -0.15) is 5.26 Å². The fourth-order valence-electron chi connectivity index (χ4n) is 4.45. The summed E-state index contributed by atoms with van der Waals surface area (Å²) < 4.78 is 0. The number of amides is 1. The first-order chi connectivity index (χ1) is 13.9. The molecule has 1 fully saturated rings. The van der Waals surface area contributed by atoms with Crippen molar-refractivity contribution in [2.24, 2.45) is 16.1 Å². The molecule has 2 N–H and O–H groups in total. The predicted molar refractivity (Wildman–Crippen MR) is 113 cm³/mol. The molecule has 0 saturated carbocycles. The minimum atomic E-state index is -0.572. The number of carbonyl (C=O) groups excluding carboxylic acids is 1. The summed E-state index contributed by atoms with van der Waals surface area (Å²) in [5, 5.41) is 9.21. The molecule has 148 valence electrons. The van der Waals surface area contributed by atoms with Gasteiger partial charge < -0.3 is 10.6 Å². The maximum absolute atomic E-state index is 13.4. The van der Waals surface area contributed by atoms with Gasteiger partial charge in [-0.05, 0) is 67.9 Å². The van der Waals surface area contributed by atoms with Gasteiger partial charge in [-0.25, -0.2) is 4.99 Å². The quantitative estimate of drug-likeness (QED) is 0.859. The summed E-state index contributed by atoms with van der Waals surface area (Å²) in [5.74, 6) is 0.321. The zero-order valence-corrected chi connectivity index (χ0v) is 16.8. The first-order valence-electron chi connectivity index (χ1n) is 9.85. The topological polar surface area (TPSA) is 85.7 Å². The predicted octanol–water partition coefficient (Wildman–Crippen LogP) is 2.77. The highest BCUT2D eigenvalue weighted by Gasteiger charge is 2.52. The van der Waals surface area contributed by atoms with E-state index in [1.165, 1.54) is 4.90 Å². The highest BCUT2D eigenvalue weighted by atomic mass is 16.2. The third-order valence-electron chi connectivity index (χ3n) is 6.27. The van der Waals surface area contributed by atoms with Gasteiger partial charge in [-0.1, -0.05) is 30.3 Å². The van der Waals surface area contributed by atoms with Gasteiger partial charge in [-0.15, -0.1) is 0 Å². The molecule has 1 unspecified atom stereocenters. The van der Waals surface area contributed by atoms with Crippen molar-refractivity contribution in [3.63, 3.8) is 0 Å². The van der Waals surface area contributed by atoms with Crippen molar-refractivity contribution < 1.29 is 4.79 Å². The monoisotopic (exact) mass is 387 g/mol. The number of likely N-dealkylation sites (tertiary alicyclic amines) is 1. The maximum atomic E-state index is 13.4. The number of nitrogens with two attached hydrogens (primary N) is 1. The van der Waals surface area contributed by atoms with Crippen LogP contribution < -0.4 is 5.73 Å². The van der Waals surface area contributed by atoms with Crippen molar-refractivity contribution in [2.45, 2.75) is 18.9 Å². The molecular weight excluding hydrogens is 362 g/mol. The van der Waals surface area contributed by atoms with Crippen LogP contribution in [0.2, 0.25) is 0 Å². The molecule has 0 aliphatic carbocycles. The molecule has 0 radical (unpaired) electrons. The molecule has 4 rings (SSSR count). The van der Waals surface area contributed by atoms with Crippen LogP contribution in [0.25, 0.3) is 11.1 Å². The van der Waals surface area contributed by atoms with Gasteiger partial charge in [-0.3, -0.25) is 9.69 Å². The van der Waals surface area contributed by atoms with E-state index in [0.29, 0.717) is 5.56 Å². The number of hydrogen-bond acceptors (Lipinski definition) is 5. The summed E-state index contributed by atoms with van der Waals surface area (Å²) in [6, 6.07) is 17.5. The molecule has 0 bridgehead atoms. The molecule has 6 nitrogen and oxygen atoms in total. The molecule has 1 atom stereocenters. The van der Waals surface area contributed by atoms with Gasteiger partial charge in [0.15, 0.2) is 5.96 Å². The Morgan fingerprint density at radius 2 is 1.76 bits per heavy atom. The Kier molecular flexibility index (Phi) is 4.85. The molecule has 0 aromatic heterocycles. The molecular formula is C23H25N5O. The summed E-state index contributed by atoms with van der Waals surface area (Å²) >= 11 is 0. The maximum Gasteiger partial charge on any atom is 0.237 e. The fourth-order valence-corrected chi connectivity index (χ4v) is 4.45. The second kappa shape index (κ2) is 7.34. The van der Waals surface area contributed by atoms with Gasteiger partial charge in [0.25, 0.3) is 0 Å². The third kappa shape index (κ3) is 3.28. The number of guanidine groups is 1. The zero-order chi connectivity index (χ0) is 20.6. The van der Waals surface area contributed by atoms with Crippen LogP contribution in [-0.2, 0) is 4.79 Å². The van der Waals surface area contributed by atoms with Crippen LogP contribution in [0.15, 0.2) is 53.5 Å². The Morgan fingerprint density at radius 1 is 1.10 bits per heavy atom. The van der Waals surface area contributed by atoms with Crippen LogP contribution in [0.3, 0.4) is 0 Å². The van der Waals surface area contributed by atoms with E-state index in [1.807, 2.05) is 36.4 Å². The smallest absolute Gasteiger partial charge is 0.237 e. The Labute approximate surface area is 171 Å². The van der Waals surface area contributed by atoms with E-state index in [4.69, 9.17) is 10.7 Å². The van der Waals surface area contributed by atoms with Gasteiger partial charge >= 0.3 is 0 Å². The lowest BCUT2D eigenvalue weighted by molar-refractivity contribution is -0.143. The second-order valence-corrected chi connectivity index (χ2v) is 8.03. The van der Waals surface area contributed by atoms with Crippen LogP contribution in [0.1, 0.15) is 30.0 Å². The van der Waals surface area contributed by atoms with Crippen molar-refractivity contribution in [1.29, 1.82) is 5.26 Å². The molecule has 2 aliphatic heterocycles. The second-order valence-electron chi connectivity index (χ2n) is 8.03. The van der Waals surface area contributed by atoms with Crippen molar-refractivity contribution in [3.05, 3.63) is 59.7 Å². The first-order valence-corrected chi connectivity index (χ1v) is 9.85. The summed E-state index contributed by atoms with van der Waals surface area (Å²) in [4.78, 5) is 21.9. The number of nitrogens with zero attached hydrogens (tertiary/aromatic N) is 4. The van der Waals surface area contributed by atoms with Gasteiger partial charge in [0.1, 0.15) is 0 Å². The fraction of sp³-hybridized carbons (Fsp3) is 0.348. The average Bonchev–Trinajstić information content (AvgIpc) is 2.76. The van der Waals surface area contributed by atoms with Gasteiger partial charge in [0.2, 0.25) is 5.91 Å². The van der Waals surface area contributed by atoms with Gasteiger partial charge in [0.05, 0.1) is 23.1 Å². The van der Waals surface area contributed by atoms with E-state index in [9.17, 15) is 10.1 Å². The minimum Gasteiger partial charge on any atom is -0.369 e. The van der Waals surface area contributed by atoms with Crippen LogP contribution >= 0.6 is 0 Å². The minimum absolute atomic E-state index is 0.0555.